The van der Waals surface area contributed by atoms with Crippen molar-refractivity contribution in [3.8, 4) is 5.69 Å². The molecule has 0 aliphatic carbocycles. The van der Waals surface area contributed by atoms with E-state index in [0.717, 1.165) is 35.6 Å². The first kappa shape index (κ1) is 16.6. The van der Waals surface area contributed by atoms with Crippen LogP contribution in [0.4, 0.5) is 0 Å². The average Bonchev–Trinajstić information content (AvgIpc) is 3.34. The van der Waals surface area contributed by atoms with Gasteiger partial charge in [-0.15, -0.1) is 0 Å². The Morgan fingerprint density at radius 3 is 2.54 bits per heavy atom. The standard InChI is InChI=1S/C20H23N5O/c1-14-11-21-24(12-14)19-8-9-23(13-19)20(26)17-4-6-18(7-5-17)25-16(3)10-15(2)22-25/h4-7,10-12,19H,8-9,13H2,1-3H3. The van der Waals surface area contributed by atoms with Crippen molar-refractivity contribution in [1.82, 2.24) is 24.5 Å². The van der Waals surface area contributed by atoms with Crippen molar-refractivity contribution in [1.29, 1.82) is 0 Å². The molecule has 3 aromatic rings. The van der Waals surface area contributed by atoms with E-state index in [0.29, 0.717) is 12.1 Å². The second kappa shape index (κ2) is 6.44. The Morgan fingerprint density at radius 2 is 1.92 bits per heavy atom. The highest BCUT2D eigenvalue weighted by Gasteiger charge is 2.28. The fourth-order valence-corrected chi connectivity index (χ4v) is 3.59. The maximum Gasteiger partial charge on any atom is 0.253 e. The van der Waals surface area contributed by atoms with Crippen LogP contribution in [0.15, 0.2) is 42.7 Å². The van der Waals surface area contributed by atoms with Crippen molar-refractivity contribution < 1.29 is 4.79 Å². The monoisotopic (exact) mass is 349 g/mol. The second-order valence-corrected chi connectivity index (χ2v) is 7.08. The minimum atomic E-state index is 0.0799. The van der Waals surface area contributed by atoms with Crippen molar-refractivity contribution in [2.45, 2.75) is 33.2 Å². The number of hydrogen-bond donors (Lipinski definition) is 0. The summed E-state index contributed by atoms with van der Waals surface area (Å²) in [6.07, 6.45) is 4.85. The number of aryl methyl sites for hydroxylation is 3. The Labute approximate surface area is 153 Å². The zero-order chi connectivity index (χ0) is 18.3. The smallest absolute Gasteiger partial charge is 0.253 e. The van der Waals surface area contributed by atoms with Crippen LogP contribution in [0.5, 0.6) is 0 Å². The van der Waals surface area contributed by atoms with E-state index in [9.17, 15) is 4.79 Å². The Balaban J connectivity index is 1.48. The summed E-state index contributed by atoms with van der Waals surface area (Å²) >= 11 is 0. The molecule has 1 aliphatic rings. The molecule has 1 aromatic carbocycles. The van der Waals surface area contributed by atoms with Crippen molar-refractivity contribution in [3.05, 3.63) is 65.2 Å². The maximum absolute atomic E-state index is 12.8. The largest absolute Gasteiger partial charge is 0.336 e. The first-order chi connectivity index (χ1) is 12.5. The third kappa shape index (κ3) is 3.03. The molecule has 1 aliphatic heterocycles. The van der Waals surface area contributed by atoms with Crippen LogP contribution in [0.25, 0.3) is 5.69 Å². The predicted molar refractivity (Wildman–Crippen MR) is 99.6 cm³/mol. The number of rotatable bonds is 3. The molecule has 0 N–H and O–H groups in total. The van der Waals surface area contributed by atoms with E-state index >= 15 is 0 Å². The van der Waals surface area contributed by atoms with E-state index in [1.165, 1.54) is 0 Å². The molecular formula is C20H23N5O. The van der Waals surface area contributed by atoms with E-state index in [-0.39, 0.29) is 11.9 Å². The number of likely N-dealkylation sites (tertiary alicyclic amines) is 1. The molecule has 134 valence electrons. The molecule has 0 spiro atoms. The first-order valence-electron chi connectivity index (χ1n) is 8.95. The lowest BCUT2D eigenvalue weighted by Crippen LogP contribution is -2.29. The van der Waals surface area contributed by atoms with Gasteiger partial charge < -0.3 is 4.90 Å². The van der Waals surface area contributed by atoms with E-state index in [4.69, 9.17) is 0 Å². The molecule has 1 unspecified atom stereocenters. The van der Waals surface area contributed by atoms with Crippen molar-refractivity contribution >= 4 is 5.91 Å². The molecule has 1 saturated heterocycles. The van der Waals surface area contributed by atoms with Gasteiger partial charge in [-0.3, -0.25) is 9.48 Å². The average molecular weight is 349 g/mol. The molecule has 0 saturated carbocycles. The molecule has 2 aromatic heterocycles. The van der Waals surface area contributed by atoms with Crippen LogP contribution in [0, 0.1) is 20.8 Å². The third-order valence-electron chi connectivity index (χ3n) is 4.92. The molecule has 0 radical (unpaired) electrons. The Kier molecular flexibility index (Phi) is 4.11. The number of hydrogen-bond acceptors (Lipinski definition) is 3. The summed E-state index contributed by atoms with van der Waals surface area (Å²) in [5.41, 5.74) is 4.90. The fourth-order valence-electron chi connectivity index (χ4n) is 3.59. The van der Waals surface area contributed by atoms with Gasteiger partial charge in [-0.2, -0.15) is 10.2 Å². The van der Waals surface area contributed by atoms with E-state index in [2.05, 4.69) is 10.2 Å². The Bertz CT molecular complexity index is 938. The van der Waals surface area contributed by atoms with Crippen molar-refractivity contribution in [2.24, 2.45) is 0 Å². The Hall–Kier alpha value is -2.89. The molecule has 6 heteroatoms. The number of benzene rings is 1. The highest BCUT2D eigenvalue weighted by atomic mass is 16.2. The molecular weight excluding hydrogens is 326 g/mol. The SMILES string of the molecule is Cc1cnn(C2CCN(C(=O)c3ccc(-n4nc(C)cc4C)cc3)C2)c1. The van der Waals surface area contributed by atoms with Crippen LogP contribution in [0.2, 0.25) is 0 Å². The van der Waals surface area contributed by atoms with Gasteiger partial charge >= 0.3 is 0 Å². The van der Waals surface area contributed by atoms with Crippen LogP contribution < -0.4 is 0 Å². The number of nitrogens with zero attached hydrogens (tertiary/aromatic N) is 5. The molecule has 4 rings (SSSR count). The van der Waals surface area contributed by atoms with E-state index in [1.807, 2.05) is 77.8 Å². The molecule has 1 fully saturated rings. The summed E-state index contributed by atoms with van der Waals surface area (Å²) in [4.78, 5) is 14.7. The molecule has 0 bridgehead atoms. The zero-order valence-corrected chi connectivity index (χ0v) is 15.4. The molecule has 3 heterocycles. The summed E-state index contributed by atoms with van der Waals surface area (Å²) in [6.45, 7) is 7.51. The minimum absolute atomic E-state index is 0.0799. The fraction of sp³-hybridized carbons (Fsp3) is 0.350. The Morgan fingerprint density at radius 1 is 1.15 bits per heavy atom. The lowest BCUT2D eigenvalue weighted by Gasteiger charge is -2.17. The number of carbonyl (C=O) groups is 1. The lowest BCUT2D eigenvalue weighted by molar-refractivity contribution is 0.0787. The van der Waals surface area contributed by atoms with Gasteiger partial charge in [-0.05, 0) is 63.1 Å². The van der Waals surface area contributed by atoms with Gasteiger partial charge in [0.05, 0.1) is 23.6 Å². The van der Waals surface area contributed by atoms with E-state index in [1.54, 1.807) is 0 Å². The minimum Gasteiger partial charge on any atom is -0.336 e. The van der Waals surface area contributed by atoms with Gasteiger partial charge in [0.15, 0.2) is 0 Å². The topological polar surface area (TPSA) is 56.0 Å². The number of aromatic nitrogens is 4. The summed E-state index contributed by atoms with van der Waals surface area (Å²) in [5.74, 6) is 0.0799. The summed E-state index contributed by atoms with van der Waals surface area (Å²) < 4.78 is 3.88. The van der Waals surface area contributed by atoms with Gasteiger partial charge in [0.1, 0.15) is 0 Å². The zero-order valence-electron chi connectivity index (χ0n) is 15.4. The van der Waals surface area contributed by atoms with Gasteiger partial charge in [-0.1, -0.05) is 0 Å². The third-order valence-corrected chi connectivity index (χ3v) is 4.92. The van der Waals surface area contributed by atoms with Crippen LogP contribution in [0.1, 0.15) is 39.8 Å². The summed E-state index contributed by atoms with van der Waals surface area (Å²) in [7, 11) is 0. The quantitative estimate of drug-likeness (QED) is 0.730. The van der Waals surface area contributed by atoms with E-state index < -0.39 is 0 Å². The highest BCUT2D eigenvalue weighted by molar-refractivity contribution is 5.94. The van der Waals surface area contributed by atoms with Crippen molar-refractivity contribution in [2.75, 3.05) is 13.1 Å². The maximum atomic E-state index is 12.8. The normalized spacial score (nSPS) is 17.0. The van der Waals surface area contributed by atoms with Gasteiger partial charge in [0.2, 0.25) is 0 Å². The van der Waals surface area contributed by atoms with Crippen LogP contribution >= 0.6 is 0 Å². The lowest BCUT2D eigenvalue weighted by atomic mass is 10.2. The predicted octanol–water partition coefficient (Wildman–Crippen LogP) is 3.08. The summed E-state index contributed by atoms with van der Waals surface area (Å²) in [6, 6.07) is 10.00. The highest BCUT2D eigenvalue weighted by Crippen LogP contribution is 2.23. The van der Waals surface area contributed by atoms with Crippen molar-refractivity contribution in [3.63, 3.8) is 0 Å². The first-order valence-corrected chi connectivity index (χ1v) is 8.95. The van der Waals surface area contributed by atoms with Gasteiger partial charge in [0.25, 0.3) is 5.91 Å². The molecule has 1 atom stereocenters. The second-order valence-electron chi connectivity index (χ2n) is 7.08. The summed E-state index contributed by atoms with van der Waals surface area (Å²) in [5, 5.41) is 8.88. The number of amides is 1. The molecule has 6 nitrogen and oxygen atoms in total. The van der Waals surface area contributed by atoms with Crippen LogP contribution in [0.3, 0.4) is 0 Å². The van der Waals surface area contributed by atoms with Gasteiger partial charge in [0, 0.05) is 30.5 Å². The van der Waals surface area contributed by atoms with Gasteiger partial charge in [-0.25, -0.2) is 4.68 Å². The molecule has 26 heavy (non-hydrogen) atoms. The van der Waals surface area contributed by atoms with Crippen LogP contribution in [-0.4, -0.2) is 43.5 Å². The molecule has 1 amide bonds. The van der Waals surface area contributed by atoms with Crippen LogP contribution in [-0.2, 0) is 0 Å². The number of carbonyl (C=O) groups excluding carboxylic acids is 1.